The quantitative estimate of drug-likeness (QED) is 0.428. The van der Waals surface area contributed by atoms with Crippen molar-refractivity contribution in [1.29, 1.82) is 0 Å². The van der Waals surface area contributed by atoms with Gasteiger partial charge in [0.05, 0.1) is 11.2 Å². The van der Waals surface area contributed by atoms with Crippen LogP contribution in [0.25, 0.3) is 10.9 Å². The summed E-state index contributed by atoms with van der Waals surface area (Å²) in [7, 11) is 0. The molecule has 0 aliphatic carbocycles. The van der Waals surface area contributed by atoms with Crippen LogP contribution in [0.2, 0.25) is 0 Å². The van der Waals surface area contributed by atoms with Crippen molar-refractivity contribution in [2.45, 2.75) is 19.8 Å². The molecule has 0 N–H and O–H groups in total. The Bertz CT molecular complexity index is 1140. The normalized spacial score (nSPS) is 12.9. The number of fused-ring (bicyclic) bond motifs is 3. The second kappa shape index (κ2) is 7.59. The molecule has 3 nitrogen and oxygen atoms in total. The zero-order chi connectivity index (χ0) is 19.6. The van der Waals surface area contributed by atoms with E-state index in [2.05, 4.69) is 54.3 Å². The summed E-state index contributed by atoms with van der Waals surface area (Å²) in [6.45, 7) is 4.19. The molecule has 0 radical (unpaired) electrons. The summed E-state index contributed by atoms with van der Waals surface area (Å²) >= 11 is 0. The summed E-state index contributed by atoms with van der Waals surface area (Å²) in [5, 5.41) is 1.18. The van der Waals surface area contributed by atoms with Gasteiger partial charge < -0.3 is 9.64 Å². The molecule has 0 bridgehead atoms. The average molecular weight is 380 g/mol. The van der Waals surface area contributed by atoms with E-state index >= 15 is 0 Å². The summed E-state index contributed by atoms with van der Waals surface area (Å²) < 4.78 is 6.09. The highest BCUT2D eigenvalue weighted by atomic mass is 16.5. The van der Waals surface area contributed by atoms with Gasteiger partial charge in [-0.3, -0.25) is 4.98 Å². The Morgan fingerprint density at radius 1 is 0.897 bits per heavy atom. The van der Waals surface area contributed by atoms with Crippen LogP contribution in [-0.2, 0) is 12.8 Å². The van der Waals surface area contributed by atoms with Gasteiger partial charge in [-0.15, -0.1) is 0 Å². The third-order valence-corrected chi connectivity index (χ3v) is 5.67. The van der Waals surface area contributed by atoms with Gasteiger partial charge in [-0.2, -0.15) is 0 Å². The highest BCUT2D eigenvalue weighted by Crippen LogP contribution is 2.38. The number of nitrogens with zero attached hydrogens (tertiary/aromatic N) is 2. The first-order valence-corrected chi connectivity index (χ1v) is 10.2. The van der Waals surface area contributed by atoms with Crippen LogP contribution in [0.3, 0.4) is 0 Å². The Morgan fingerprint density at radius 3 is 2.45 bits per heavy atom. The molecule has 1 aromatic heterocycles. The van der Waals surface area contributed by atoms with Crippen LogP contribution < -0.4 is 9.64 Å². The zero-order valence-electron chi connectivity index (χ0n) is 16.6. The lowest BCUT2D eigenvalue weighted by atomic mass is 10.1. The van der Waals surface area contributed by atoms with Crippen molar-refractivity contribution < 1.29 is 4.74 Å². The average Bonchev–Trinajstić information content (AvgIpc) is 3.19. The second-order valence-electron chi connectivity index (χ2n) is 7.59. The van der Waals surface area contributed by atoms with Gasteiger partial charge in [-0.25, -0.2) is 0 Å². The number of rotatable bonds is 5. The molecule has 4 aromatic rings. The van der Waals surface area contributed by atoms with Crippen molar-refractivity contribution in [2.24, 2.45) is 0 Å². The molecule has 0 saturated heterocycles. The smallest absolute Gasteiger partial charge is 0.128 e. The molecular formula is C26H24N2O. The van der Waals surface area contributed by atoms with Crippen LogP contribution >= 0.6 is 0 Å². The standard InChI is InChI=1S/C26H24N2O/c1-19-23-15-17-28(16-14-20-8-4-2-5-9-20)26(23)24-18-22(12-13-25(24)27-19)29-21-10-6-3-7-11-21/h2-13,18H,14-17H2,1H3. The van der Waals surface area contributed by atoms with Gasteiger partial charge in [0.2, 0.25) is 0 Å². The summed E-state index contributed by atoms with van der Waals surface area (Å²) in [6, 6.07) is 26.9. The zero-order valence-corrected chi connectivity index (χ0v) is 16.6. The van der Waals surface area contributed by atoms with Gasteiger partial charge in [0.15, 0.2) is 0 Å². The Balaban J connectivity index is 1.50. The van der Waals surface area contributed by atoms with Crippen molar-refractivity contribution in [3.63, 3.8) is 0 Å². The van der Waals surface area contributed by atoms with E-state index in [-0.39, 0.29) is 0 Å². The number of hydrogen-bond donors (Lipinski definition) is 0. The first-order chi connectivity index (χ1) is 14.3. The maximum absolute atomic E-state index is 6.09. The molecule has 0 amide bonds. The van der Waals surface area contributed by atoms with E-state index in [1.165, 1.54) is 22.2 Å². The predicted octanol–water partition coefficient (Wildman–Crippen LogP) is 5.94. The second-order valence-corrected chi connectivity index (χ2v) is 7.59. The monoisotopic (exact) mass is 380 g/mol. The van der Waals surface area contributed by atoms with Crippen LogP contribution in [0.5, 0.6) is 11.5 Å². The minimum absolute atomic E-state index is 0.851. The predicted molar refractivity (Wildman–Crippen MR) is 119 cm³/mol. The molecule has 144 valence electrons. The van der Waals surface area contributed by atoms with Crippen LogP contribution in [0.1, 0.15) is 16.8 Å². The molecule has 1 aliphatic rings. The van der Waals surface area contributed by atoms with Gasteiger partial charge in [0.1, 0.15) is 11.5 Å². The fourth-order valence-corrected chi connectivity index (χ4v) is 4.22. The number of para-hydroxylation sites is 1. The van der Waals surface area contributed by atoms with Crippen molar-refractivity contribution in [2.75, 3.05) is 18.0 Å². The molecule has 3 aromatic carbocycles. The minimum Gasteiger partial charge on any atom is -0.457 e. The molecule has 0 atom stereocenters. The van der Waals surface area contributed by atoms with Crippen molar-refractivity contribution in [3.8, 4) is 11.5 Å². The summed E-state index contributed by atoms with van der Waals surface area (Å²) in [4.78, 5) is 7.39. The molecular weight excluding hydrogens is 356 g/mol. The summed E-state index contributed by atoms with van der Waals surface area (Å²) in [6.07, 6.45) is 2.10. The third-order valence-electron chi connectivity index (χ3n) is 5.67. The summed E-state index contributed by atoms with van der Waals surface area (Å²) in [5.41, 5.74) is 6.27. The maximum Gasteiger partial charge on any atom is 0.128 e. The van der Waals surface area contributed by atoms with E-state index in [4.69, 9.17) is 9.72 Å². The molecule has 29 heavy (non-hydrogen) atoms. The molecule has 0 fully saturated rings. The van der Waals surface area contributed by atoms with Crippen molar-refractivity contribution in [3.05, 3.63) is 95.7 Å². The highest BCUT2D eigenvalue weighted by Gasteiger charge is 2.24. The van der Waals surface area contributed by atoms with E-state index < -0.39 is 0 Å². The fourth-order valence-electron chi connectivity index (χ4n) is 4.22. The van der Waals surface area contributed by atoms with Crippen molar-refractivity contribution >= 4 is 16.6 Å². The number of pyridine rings is 1. The molecule has 0 spiro atoms. The Labute approximate surface area is 171 Å². The van der Waals surface area contributed by atoms with E-state index in [1.807, 2.05) is 36.4 Å². The van der Waals surface area contributed by atoms with Gasteiger partial charge in [-0.05, 0) is 61.2 Å². The lowest BCUT2D eigenvalue weighted by Gasteiger charge is -2.22. The molecule has 0 saturated carbocycles. The van der Waals surface area contributed by atoms with Gasteiger partial charge in [0.25, 0.3) is 0 Å². The SMILES string of the molecule is Cc1nc2ccc(Oc3ccccc3)cc2c2c1CCN2CCc1ccccc1. The largest absolute Gasteiger partial charge is 0.457 e. The first kappa shape index (κ1) is 17.7. The number of anilines is 1. The molecule has 2 heterocycles. The fraction of sp³-hybridized carbons (Fsp3) is 0.192. The van der Waals surface area contributed by atoms with Crippen LogP contribution in [0.4, 0.5) is 5.69 Å². The molecule has 1 aliphatic heterocycles. The highest BCUT2D eigenvalue weighted by molar-refractivity contribution is 5.96. The van der Waals surface area contributed by atoms with E-state index in [0.29, 0.717) is 0 Å². The van der Waals surface area contributed by atoms with Crippen molar-refractivity contribution in [1.82, 2.24) is 4.98 Å². The third kappa shape index (κ3) is 3.56. The van der Waals surface area contributed by atoms with Gasteiger partial charge in [0, 0.05) is 24.2 Å². The number of aromatic nitrogens is 1. The Morgan fingerprint density at radius 2 is 1.66 bits per heavy atom. The van der Waals surface area contributed by atoms with E-state index in [0.717, 1.165) is 48.6 Å². The number of ether oxygens (including phenoxy) is 1. The molecule has 5 rings (SSSR count). The number of aryl methyl sites for hydroxylation is 1. The number of benzene rings is 3. The van der Waals surface area contributed by atoms with Crippen LogP contribution in [-0.4, -0.2) is 18.1 Å². The lowest BCUT2D eigenvalue weighted by Crippen LogP contribution is -2.23. The van der Waals surface area contributed by atoms with Crippen LogP contribution in [0.15, 0.2) is 78.9 Å². The Hall–Kier alpha value is -3.33. The molecule has 0 unspecified atom stereocenters. The molecule has 3 heteroatoms. The number of hydrogen-bond acceptors (Lipinski definition) is 3. The van der Waals surface area contributed by atoms with Gasteiger partial charge >= 0.3 is 0 Å². The first-order valence-electron chi connectivity index (χ1n) is 10.2. The summed E-state index contributed by atoms with van der Waals surface area (Å²) in [5.74, 6) is 1.70. The van der Waals surface area contributed by atoms with E-state index in [1.54, 1.807) is 0 Å². The van der Waals surface area contributed by atoms with E-state index in [9.17, 15) is 0 Å². The Kier molecular flexibility index (Phi) is 4.65. The minimum atomic E-state index is 0.851. The van der Waals surface area contributed by atoms with Gasteiger partial charge in [-0.1, -0.05) is 48.5 Å². The van der Waals surface area contributed by atoms with Crippen LogP contribution in [0, 0.1) is 6.92 Å². The lowest BCUT2D eigenvalue weighted by molar-refractivity contribution is 0.483. The maximum atomic E-state index is 6.09. The topological polar surface area (TPSA) is 25.4 Å².